The first-order valence-corrected chi connectivity index (χ1v) is 8.06. The Balaban J connectivity index is 0.00000529. The average Bonchev–Trinajstić information content (AvgIpc) is 2.44. The van der Waals surface area contributed by atoms with Gasteiger partial charge < -0.3 is 20.7 Å². The lowest BCUT2D eigenvalue weighted by Crippen LogP contribution is -2.51. The zero-order valence-corrected chi connectivity index (χ0v) is 17.6. The van der Waals surface area contributed by atoms with Gasteiger partial charge in [0.15, 0.2) is 5.96 Å². The number of guanidine groups is 1. The molecule has 0 spiro atoms. The number of halogens is 1. The zero-order chi connectivity index (χ0) is 17.5. The number of rotatable bonds is 5. The van der Waals surface area contributed by atoms with E-state index < -0.39 is 5.60 Å². The fourth-order valence-corrected chi connectivity index (χ4v) is 2.10. The third kappa shape index (κ3) is 9.96. The summed E-state index contributed by atoms with van der Waals surface area (Å²) in [5.41, 5.74) is 6.30. The van der Waals surface area contributed by atoms with E-state index in [0.29, 0.717) is 25.6 Å². The Bertz CT molecular complexity index is 440. The van der Waals surface area contributed by atoms with Gasteiger partial charge >= 0.3 is 6.09 Å². The number of hydrogen-bond acceptors (Lipinski definition) is 4. The molecule has 3 N–H and O–H groups in total. The van der Waals surface area contributed by atoms with Crippen LogP contribution >= 0.6 is 24.0 Å². The summed E-state index contributed by atoms with van der Waals surface area (Å²) in [5.74, 6) is 0.445. The molecule has 0 saturated carbocycles. The van der Waals surface area contributed by atoms with E-state index in [9.17, 15) is 4.79 Å². The lowest BCUT2D eigenvalue weighted by atomic mass is 10.2. The molecule has 1 heterocycles. The molecular weight excluding hydrogens is 421 g/mol. The van der Waals surface area contributed by atoms with E-state index in [0.717, 1.165) is 31.8 Å². The first-order valence-electron chi connectivity index (χ1n) is 8.06. The largest absolute Gasteiger partial charge is 0.444 e. The van der Waals surface area contributed by atoms with Gasteiger partial charge in [-0.15, -0.1) is 24.0 Å². The minimum Gasteiger partial charge on any atom is -0.444 e. The number of carbonyl (C=O) groups is 1. The Hall–Kier alpha value is -1.03. The Morgan fingerprint density at radius 1 is 1.29 bits per heavy atom. The number of nitrogens with two attached hydrogens (primary N) is 1. The highest BCUT2D eigenvalue weighted by Gasteiger charge is 2.25. The van der Waals surface area contributed by atoms with Gasteiger partial charge in [0.05, 0.1) is 6.54 Å². The molecular formula is C16H32IN5O2. The van der Waals surface area contributed by atoms with Gasteiger partial charge in [0.1, 0.15) is 5.60 Å². The molecule has 0 atom stereocenters. The molecule has 1 aliphatic heterocycles. The summed E-state index contributed by atoms with van der Waals surface area (Å²) in [6, 6.07) is 0. The number of carbonyl (C=O) groups excluding carboxylic acids is 1. The topological polar surface area (TPSA) is 83.2 Å². The maximum Gasteiger partial charge on any atom is 0.410 e. The average molecular weight is 453 g/mol. The van der Waals surface area contributed by atoms with E-state index >= 15 is 0 Å². The SMILES string of the molecule is C=C(C)CN=C(N)NCCN1CCN(C(=O)OC(C)(C)C)CC1.I. The number of amides is 1. The lowest BCUT2D eigenvalue weighted by molar-refractivity contribution is 0.0147. The van der Waals surface area contributed by atoms with Crippen LogP contribution in [0.4, 0.5) is 4.79 Å². The predicted octanol–water partition coefficient (Wildman–Crippen LogP) is 1.64. The van der Waals surface area contributed by atoms with Crippen molar-refractivity contribution < 1.29 is 9.53 Å². The molecule has 0 aliphatic carbocycles. The van der Waals surface area contributed by atoms with Crippen LogP contribution in [0.15, 0.2) is 17.1 Å². The quantitative estimate of drug-likeness (QED) is 0.286. The first-order chi connectivity index (χ1) is 10.7. The van der Waals surface area contributed by atoms with Crippen LogP contribution in [-0.2, 0) is 4.74 Å². The number of aliphatic imine (C=N–C) groups is 1. The zero-order valence-electron chi connectivity index (χ0n) is 15.3. The molecule has 1 fully saturated rings. The summed E-state index contributed by atoms with van der Waals surface area (Å²) in [6.07, 6.45) is -0.230. The Labute approximate surface area is 162 Å². The van der Waals surface area contributed by atoms with Crippen molar-refractivity contribution in [3.05, 3.63) is 12.2 Å². The smallest absolute Gasteiger partial charge is 0.410 e. The second kappa shape index (κ2) is 10.8. The first kappa shape index (κ1) is 23.0. The molecule has 1 aliphatic rings. The fraction of sp³-hybridized carbons (Fsp3) is 0.750. The van der Waals surface area contributed by atoms with Gasteiger partial charge in [-0.25, -0.2) is 9.79 Å². The van der Waals surface area contributed by atoms with Crippen LogP contribution in [0.3, 0.4) is 0 Å². The molecule has 0 radical (unpaired) electrons. The molecule has 0 unspecified atom stereocenters. The molecule has 0 aromatic heterocycles. The summed E-state index contributed by atoms with van der Waals surface area (Å²) in [4.78, 5) is 20.2. The van der Waals surface area contributed by atoms with Crippen molar-refractivity contribution in [2.24, 2.45) is 10.7 Å². The van der Waals surface area contributed by atoms with E-state index in [-0.39, 0.29) is 30.1 Å². The van der Waals surface area contributed by atoms with Gasteiger partial charge in [0, 0.05) is 39.3 Å². The Morgan fingerprint density at radius 2 is 1.88 bits per heavy atom. The van der Waals surface area contributed by atoms with Crippen LogP contribution in [0.1, 0.15) is 27.7 Å². The van der Waals surface area contributed by atoms with E-state index in [1.807, 2.05) is 27.7 Å². The molecule has 1 saturated heterocycles. The van der Waals surface area contributed by atoms with E-state index in [2.05, 4.69) is 21.8 Å². The lowest BCUT2D eigenvalue weighted by Gasteiger charge is -2.35. The second-order valence-corrected chi connectivity index (χ2v) is 6.89. The summed E-state index contributed by atoms with van der Waals surface area (Å²) < 4.78 is 5.39. The van der Waals surface area contributed by atoms with Crippen molar-refractivity contribution >= 4 is 36.0 Å². The molecule has 0 aromatic rings. The van der Waals surface area contributed by atoms with Crippen molar-refractivity contribution in [3.8, 4) is 0 Å². The minimum absolute atomic E-state index is 0. The van der Waals surface area contributed by atoms with E-state index in [1.165, 1.54) is 0 Å². The van der Waals surface area contributed by atoms with Crippen LogP contribution in [0.2, 0.25) is 0 Å². The standard InChI is InChI=1S/C16H31N5O2.HI/c1-13(2)12-19-14(17)18-6-7-20-8-10-21(11-9-20)15(22)23-16(3,4)5;/h1,6-12H2,2-5H3,(H3,17,18,19);1H. The predicted molar refractivity (Wildman–Crippen MR) is 109 cm³/mol. The maximum absolute atomic E-state index is 12.0. The van der Waals surface area contributed by atoms with Crippen molar-refractivity contribution in [1.82, 2.24) is 15.1 Å². The second-order valence-electron chi connectivity index (χ2n) is 6.89. The van der Waals surface area contributed by atoms with Gasteiger partial charge in [0.25, 0.3) is 0 Å². The molecule has 8 heteroatoms. The molecule has 1 amide bonds. The highest BCUT2D eigenvalue weighted by molar-refractivity contribution is 14.0. The van der Waals surface area contributed by atoms with Gasteiger partial charge in [-0.05, 0) is 27.7 Å². The normalized spacial score (nSPS) is 16.3. The number of ether oxygens (including phenoxy) is 1. The van der Waals surface area contributed by atoms with Gasteiger partial charge in [-0.3, -0.25) is 4.90 Å². The van der Waals surface area contributed by atoms with Crippen LogP contribution in [0, 0.1) is 0 Å². The van der Waals surface area contributed by atoms with Crippen LogP contribution in [-0.4, -0.2) is 73.3 Å². The van der Waals surface area contributed by atoms with Gasteiger partial charge in [-0.1, -0.05) is 12.2 Å². The van der Waals surface area contributed by atoms with Crippen molar-refractivity contribution in [2.45, 2.75) is 33.3 Å². The monoisotopic (exact) mass is 453 g/mol. The summed E-state index contributed by atoms with van der Waals surface area (Å²) in [7, 11) is 0. The molecule has 0 aromatic carbocycles. The Morgan fingerprint density at radius 3 is 2.38 bits per heavy atom. The summed E-state index contributed by atoms with van der Waals surface area (Å²) >= 11 is 0. The Kier molecular flexibility index (Phi) is 10.3. The number of nitrogens with one attached hydrogen (secondary N) is 1. The van der Waals surface area contributed by atoms with Crippen LogP contribution in [0.25, 0.3) is 0 Å². The van der Waals surface area contributed by atoms with Crippen LogP contribution in [0.5, 0.6) is 0 Å². The van der Waals surface area contributed by atoms with Crippen LogP contribution < -0.4 is 11.1 Å². The number of piperazine rings is 1. The third-order valence-corrected chi connectivity index (χ3v) is 3.28. The highest BCUT2D eigenvalue weighted by Crippen LogP contribution is 2.11. The van der Waals surface area contributed by atoms with Gasteiger partial charge in [-0.2, -0.15) is 0 Å². The molecule has 0 bridgehead atoms. The number of nitrogens with zero attached hydrogens (tertiary/aromatic N) is 3. The molecule has 1 rings (SSSR count). The summed E-state index contributed by atoms with van der Waals surface area (Å²) in [6.45, 7) is 16.5. The number of hydrogen-bond donors (Lipinski definition) is 2. The molecule has 140 valence electrons. The fourth-order valence-electron chi connectivity index (χ4n) is 2.10. The highest BCUT2D eigenvalue weighted by atomic mass is 127. The van der Waals surface area contributed by atoms with Gasteiger partial charge in [0.2, 0.25) is 0 Å². The van der Waals surface area contributed by atoms with Crippen molar-refractivity contribution in [3.63, 3.8) is 0 Å². The summed E-state index contributed by atoms with van der Waals surface area (Å²) in [5, 5.41) is 3.09. The maximum atomic E-state index is 12.0. The van der Waals surface area contributed by atoms with E-state index in [4.69, 9.17) is 10.5 Å². The molecule has 7 nitrogen and oxygen atoms in total. The van der Waals surface area contributed by atoms with Crippen molar-refractivity contribution in [2.75, 3.05) is 45.8 Å². The van der Waals surface area contributed by atoms with E-state index in [1.54, 1.807) is 4.90 Å². The van der Waals surface area contributed by atoms with Crippen molar-refractivity contribution in [1.29, 1.82) is 0 Å². The third-order valence-electron chi connectivity index (χ3n) is 3.28. The minimum atomic E-state index is -0.446. The molecule has 24 heavy (non-hydrogen) atoms.